The third-order valence-corrected chi connectivity index (χ3v) is 3.66. The number of carbonyl (C=O) groups is 1. The Kier molecular flexibility index (Phi) is 3.52. The van der Waals surface area contributed by atoms with E-state index in [4.69, 9.17) is 10.7 Å². The molecule has 0 aliphatic carbocycles. The Labute approximate surface area is 118 Å². The van der Waals surface area contributed by atoms with E-state index in [0.29, 0.717) is 6.54 Å². The van der Waals surface area contributed by atoms with E-state index in [9.17, 15) is 4.79 Å². The van der Waals surface area contributed by atoms with Gasteiger partial charge in [-0.1, -0.05) is 18.2 Å². The van der Waals surface area contributed by atoms with Crippen LogP contribution < -0.4 is 10.6 Å². The summed E-state index contributed by atoms with van der Waals surface area (Å²) in [5.41, 5.74) is 6.24. The van der Waals surface area contributed by atoms with Gasteiger partial charge in [0.2, 0.25) is 5.91 Å². The van der Waals surface area contributed by atoms with E-state index in [1.165, 1.54) is 0 Å². The molecule has 104 valence electrons. The average Bonchev–Trinajstić information content (AvgIpc) is 2.47. The lowest BCUT2D eigenvalue weighted by molar-refractivity contribution is -0.119. The number of aromatic nitrogens is 1. The van der Waals surface area contributed by atoms with Gasteiger partial charge in [0.05, 0.1) is 12.1 Å². The molecule has 2 heterocycles. The number of nitrogens with two attached hydrogens (primary N) is 1. The van der Waals surface area contributed by atoms with Crippen molar-refractivity contribution in [3.05, 3.63) is 36.4 Å². The predicted molar refractivity (Wildman–Crippen MR) is 79.6 cm³/mol. The van der Waals surface area contributed by atoms with Crippen LogP contribution in [0.1, 0.15) is 0 Å². The molecule has 3 rings (SSSR count). The highest BCUT2D eigenvalue weighted by atomic mass is 16.1. The summed E-state index contributed by atoms with van der Waals surface area (Å²) in [7, 11) is 0. The van der Waals surface area contributed by atoms with Gasteiger partial charge in [0.1, 0.15) is 5.82 Å². The number of hydrogen-bond donors (Lipinski definition) is 1. The van der Waals surface area contributed by atoms with Crippen molar-refractivity contribution in [2.45, 2.75) is 0 Å². The summed E-state index contributed by atoms with van der Waals surface area (Å²) in [4.78, 5) is 20.0. The Morgan fingerprint density at radius 2 is 1.85 bits per heavy atom. The number of fused-ring (bicyclic) bond motifs is 1. The second-order valence-corrected chi connectivity index (χ2v) is 5.09. The molecule has 0 atom stereocenters. The standard InChI is InChI=1S/C15H18N4O/c16-14(20)11-18-7-9-19(10-8-18)15-6-5-12-3-1-2-4-13(12)17-15/h1-6H,7-11H2,(H2,16,20). The van der Waals surface area contributed by atoms with Crippen LogP contribution in [0.25, 0.3) is 10.9 Å². The van der Waals surface area contributed by atoms with Gasteiger partial charge in [-0.15, -0.1) is 0 Å². The Bertz CT molecular complexity index is 620. The lowest BCUT2D eigenvalue weighted by Gasteiger charge is -2.34. The van der Waals surface area contributed by atoms with E-state index in [-0.39, 0.29) is 5.91 Å². The number of anilines is 1. The molecule has 2 aromatic rings. The van der Waals surface area contributed by atoms with Gasteiger partial charge in [-0.2, -0.15) is 0 Å². The number of primary amides is 1. The first-order chi connectivity index (χ1) is 9.72. The molecule has 0 saturated carbocycles. The molecular weight excluding hydrogens is 252 g/mol. The van der Waals surface area contributed by atoms with Crippen LogP contribution in [0, 0.1) is 0 Å². The molecule has 0 spiro atoms. The van der Waals surface area contributed by atoms with E-state index in [2.05, 4.69) is 28.0 Å². The number of benzene rings is 1. The molecule has 5 heteroatoms. The van der Waals surface area contributed by atoms with Crippen molar-refractivity contribution in [3.8, 4) is 0 Å². The zero-order valence-corrected chi connectivity index (χ0v) is 11.3. The highest BCUT2D eigenvalue weighted by Crippen LogP contribution is 2.19. The number of rotatable bonds is 3. The largest absolute Gasteiger partial charge is 0.369 e. The Hall–Kier alpha value is -2.14. The Morgan fingerprint density at radius 1 is 1.10 bits per heavy atom. The maximum Gasteiger partial charge on any atom is 0.231 e. The lowest BCUT2D eigenvalue weighted by Crippen LogP contribution is -2.49. The molecule has 0 unspecified atom stereocenters. The van der Waals surface area contributed by atoms with Crippen molar-refractivity contribution >= 4 is 22.6 Å². The molecule has 20 heavy (non-hydrogen) atoms. The van der Waals surface area contributed by atoms with Gasteiger partial charge in [0, 0.05) is 31.6 Å². The minimum Gasteiger partial charge on any atom is -0.369 e. The van der Waals surface area contributed by atoms with Gasteiger partial charge < -0.3 is 10.6 Å². The van der Waals surface area contributed by atoms with Crippen molar-refractivity contribution in [1.82, 2.24) is 9.88 Å². The molecule has 1 fully saturated rings. The van der Waals surface area contributed by atoms with E-state index in [0.717, 1.165) is 42.9 Å². The molecule has 1 aliphatic rings. The molecule has 0 radical (unpaired) electrons. The highest BCUT2D eigenvalue weighted by molar-refractivity contribution is 5.80. The lowest BCUT2D eigenvalue weighted by atomic mass is 10.2. The smallest absolute Gasteiger partial charge is 0.231 e. The maximum atomic E-state index is 10.9. The number of para-hydroxylation sites is 1. The third-order valence-electron chi connectivity index (χ3n) is 3.66. The zero-order valence-electron chi connectivity index (χ0n) is 11.3. The number of amides is 1. The number of hydrogen-bond acceptors (Lipinski definition) is 4. The van der Waals surface area contributed by atoms with E-state index in [1.54, 1.807) is 0 Å². The summed E-state index contributed by atoms with van der Waals surface area (Å²) >= 11 is 0. The zero-order chi connectivity index (χ0) is 13.9. The second-order valence-electron chi connectivity index (χ2n) is 5.09. The van der Waals surface area contributed by atoms with E-state index >= 15 is 0 Å². The first-order valence-corrected chi connectivity index (χ1v) is 6.84. The van der Waals surface area contributed by atoms with Crippen LogP contribution in [-0.2, 0) is 4.79 Å². The van der Waals surface area contributed by atoms with Gasteiger partial charge in [0.15, 0.2) is 0 Å². The Balaban J connectivity index is 1.71. The summed E-state index contributed by atoms with van der Waals surface area (Å²) < 4.78 is 0. The monoisotopic (exact) mass is 270 g/mol. The Morgan fingerprint density at radius 3 is 2.60 bits per heavy atom. The molecular formula is C15H18N4O. The summed E-state index contributed by atoms with van der Waals surface area (Å²) in [6.45, 7) is 3.78. The van der Waals surface area contributed by atoms with Crippen LogP contribution in [0.5, 0.6) is 0 Å². The van der Waals surface area contributed by atoms with Gasteiger partial charge >= 0.3 is 0 Å². The maximum absolute atomic E-state index is 10.9. The molecule has 1 aromatic heterocycles. The van der Waals surface area contributed by atoms with Crippen LogP contribution in [0.4, 0.5) is 5.82 Å². The van der Waals surface area contributed by atoms with Crippen molar-refractivity contribution in [1.29, 1.82) is 0 Å². The topological polar surface area (TPSA) is 62.5 Å². The van der Waals surface area contributed by atoms with Gasteiger partial charge in [0.25, 0.3) is 0 Å². The summed E-state index contributed by atoms with van der Waals surface area (Å²) in [6.07, 6.45) is 0. The molecule has 5 nitrogen and oxygen atoms in total. The number of carbonyl (C=O) groups excluding carboxylic acids is 1. The molecule has 1 aromatic carbocycles. The van der Waals surface area contributed by atoms with Crippen molar-refractivity contribution in [3.63, 3.8) is 0 Å². The van der Waals surface area contributed by atoms with Crippen molar-refractivity contribution in [2.24, 2.45) is 5.73 Å². The van der Waals surface area contributed by atoms with Gasteiger partial charge in [-0.3, -0.25) is 9.69 Å². The SMILES string of the molecule is NC(=O)CN1CCN(c2ccc3ccccc3n2)CC1. The molecule has 1 saturated heterocycles. The average molecular weight is 270 g/mol. The first-order valence-electron chi connectivity index (χ1n) is 6.84. The summed E-state index contributed by atoms with van der Waals surface area (Å²) in [5, 5.41) is 1.16. The van der Waals surface area contributed by atoms with Crippen molar-refractivity contribution < 1.29 is 4.79 Å². The molecule has 0 bridgehead atoms. The van der Waals surface area contributed by atoms with E-state index < -0.39 is 0 Å². The number of nitrogens with zero attached hydrogens (tertiary/aromatic N) is 3. The quantitative estimate of drug-likeness (QED) is 0.898. The minimum absolute atomic E-state index is 0.262. The van der Waals surface area contributed by atoms with Crippen LogP contribution in [0.2, 0.25) is 0 Å². The fourth-order valence-corrected chi connectivity index (χ4v) is 2.59. The third kappa shape index (κ3) is 2.72. The van der Waals surface area contributed by atoms with Crippen LogP contribution in [0.15, 0.2) is 36.4 Å². The molecule has 2 N–H and O–H groups in total. The van der Waals surface area contributed by atoms with Crippen molar-refractivity contribution in [2.75, 3.05) is 37.6 Å². The van der Waals surface area contributed by atoms with Crippen LogP contribution in [0.3, 0.4) is 0 Å². The van der Waals surface area contributed by atoms with Gasteiger partial charge in [-0.25, -0.2) is 4.98 Å². The molecule has 1 amide bonds. The fraction of sp³-hybridized carbons (Fsp3) is 0.333. The van der Waals surface area contributed by atoms with Gasteiger partial charge in [-0.05, 0) is 18.2 Å². The van der Waals surface area contributed by atoms with Crippen LogP contribution >= 0.6 is 0 Å². The number of pyridine rings is 1. The summed E-state index contributed by atoms with van der Waals surface area (Å²) in [6, 6.07) is 12.3. The normalized spacial score (nSPS) is 16.5. The second kappa shape index (κ2) is 5.46. The van der Waals surface area contributed by atoms with E-state index in [1.807, 2.05) is 18.2 Å². The number of piperazine rings is 1. The molecule has 1 aliphatic heterocycles. The first kappa shape index (κ1) is 12.9. The summed E-state index contributed by atoms with van der Waals surface area (Å²) in [5.74, 6) is 0.740. The van der Waals surface area contributed by atoms with Crippen LogP contribution in [-0.4, -0.2) is 48.5 Å². The fourth-order valence-electron chi connectivity index (χ4n) is 2.59. The highest BCUT2D eigenvalue weighted by Gasteiger charge is 2.19. The minimum atomic E-state index is -0.262. The predicted octanol–water partition coefficient (Wildman–Crippen LogP) is 0.842.